The van der Waals surface area contributed by atoms with E-state index in [4.69, 9.17) is 9.84 Å². The molecule has 0 unspecified atom stereocenters. The van der Waals surface area contributed by atoms with Crippen LogP contribution in [0.4, 0.5) is 5.69 Å². The van der Waals surface area contributed by atoms with E-state index >= 15 is 0 Å². The number of amides is 2. The Bertz CT molecular complexity index is 1160. The van der Waals surface area contributed by atoms with Gasteiger partial charge in [-0.05, 0) is 55.0 Å². The first-order valence-electron chi connectivity index (χ1n) is 14.1. The first kappa shape index (κ1) is 27.8. The number of nitrogens with one attached hydrogen (secondary N) is 1. The molecular formula is C31H40N2O5. The summed E-state index contributed by atoms with van der Waals surface area (Å²) in [6.45, 7) is 4.68. The highest BCUT2D eigenvalue weighted by Gasteiger charge is 2.57. The van der Waals surface area contributed by atoms with Gasteiger partial charge in [0.05, 0.1) is 18.4 Å². The minimum Gasteiger partial charge on any atom is -0.466 e. The van der Waals surface area contributed by atoms with Gasteiger partial charge >= 0.3 is 5.97 Å². The van der Waals surface area contributed by atoms with Gasteiger partial charge in [-0.1, -0.05) is 68.7 Å². The molecule has 2 aliphatic rings. The van der Waals surface area contributed by atoms with E-state index in [0.717, 1.165) is 49.3 Å². The zero-order valence-corrected chi connectivity index (χ0v) is 22.5. The minimum absolute atomic E-state index is 0.0852. The molecule has 7 nitrogen and oxygen atoms in total. The Morgan fingerprint density at radius 2 is 1.76 bits per heavy atom. The smallest absolute Gasteiger partial charge is 0.310 e. The number of ether oxygens (including phenoxy) is 1. The number of carbonyl (C=O) groups excluding carboxylic acids is 3. The molecule has 1 fully saturated rings. The number of anilines is 1. The van der Waals surface area contributed by atoms with Crippen LogP contribution in [0.5, 0.6) is 0 Å². The molecule has 2 aromatic rings. The Morgan fingerprint density at radius 3 is 2.50 bits per heavy atom. The largest absolute Gasteiger partial charge is 0.466 e. The van der Waals surface area contributed by atoms with Crippen molar-refractivity contribution >= 4 is 34.2 Å². The number of allylic oxidation sites excluding steroid dienone is 1. The van der Waals surface area contributed by atoms with Gasteiger partial charge in [0.1, 0.15) is 6.04 Å². The normalized spacial score (nSPS) is 24.4. The van der Waals surface area contributed by atoms with Gasteiger partial charge in [-0.15, -0.1) is 0 Å². The molecule has 1 aliphatic carbocycles. The van der Waals surface area contributed by atoms with Crippen molar-refractivity contribution in [2.75, 3.05) is 25.1 Å². The number of carbonyl (C=O) groups is 3. The molecule has 0 bridgehead atoms. The zero-order valence-electron chi connectivity index (χ0n) is 22.5. The number of aliphatic hydroxyl groups is 1. The topological polar surface area (TPSA) is 95.9 Å². The molecule has 7 heteroatoms. The van der Waals surface area contributed by atoms with E-state index in [1.54, 1.807) is 11.8 Å². The molecule has 38 heavy (non-hydrogen) atoms. The summed E-state index contributed by atoms with van der Waals surface area (Å²) in [5.41, 5.74) is 0.679. The van der Waals surface area contributed by atoms with Crippen LogP contribution in [-0.2, 0) is 19.1 Å². The fourth-order valence-corrected chi connectivity index (χ4v) is 6.14. The van der Waals surface area contributed by atoms with E-state index in [0.29, 0.717) is 12.2 Å². The number of rotatable bonds is 12. The number of benzene rings is 2. The Labute approximate surface area is 225 Å². The Balaban J connectivity index is 1.63. The molecule has 204 valence electrons. The predicted octanol–water partition coefficient (Wildman–Crippen LogP) is 4.94. The van der Waals surface area contributed by atoms with Crippen LogP contribution < -0.4 is 5.32 Å². The molecule has 2 aromatic carbocycles. The lowest BCUT2D eigenvalue weighted by molar-refractivity contribution is -0.155. The predicted molar refractivity (Wildman–Crippen MR) is 148 cm³/mol. The summed E-state index contributed by atoms with van der Waals surface area (Å²) in [5.74, 6) is -2.41. The number of fused-ring (bicyclic) bond motifs is 2. The number of likely N-dealkylation sites (tertiary alicyclic amines) is 1. The maximum absolute atomic E-state index is 13.9. The van der Waals surface area contributed by atoms with Crippen molar-refractivity contribution in [3.05, 3.63) is 54.6 Å². The summed E-state index contributed by atoms with van der Waals surface area (Å²) in [6.07, 6.45) is 8.87. The molecule has 0 aromatic heterocycles. The second kappa shape index (κ2) is 13.1. The van der Waals surface area contributed by atoms with E-state index in [2.05, 4.69) is 12.2 Å². The molecule has 2 N–H and O–H groups in total. The molecule has 2 amide bonds. The van der Waals surface area contributed by atoms with Gasteiger partial charge in [0.2, 0.25) is 11.8 Å². The quantitative estimate of drug-likeness (QED) is 0.235. The lowest BCUT2D eigenvalue weighted by atomic mass is 9.69. The Hall–Kier alpha value is -3.19. The van der Waals surface area contributed by atoms with E-state index < -0.39 is 23.8 Å². The fraction of sp³-hybridized carbons (Fsp3) is 0.516. The minimum atomic E-state index is -0.701. The van der Waals surface area contributed by atoms with Crippen LogP contribution in [0.15, 0.2) is 54.6 Å². The van der Waals surface area contributed by atoms with Crippen molar-refractivity contribution in [3.63, 3.8) is 0 Å². The van der Waals surface area contributed by atoms with Crippen molar-refractivity contribution in [1.82, 2.24) is 4.90 Å². The van der Waals surface area contributed by atoms with Gasteiger partial charge in [-0.3, -0.25) is 14.4 Å². The van der Waals surface area contributed by atoms with E-state index in [9.17, 15) is 14.4 Å². The SMILES string of the molecule is CCC[C@@H]1C=C[C@H]2[C@@H](C(=O)N(CCCCCCO)[C@@H]2C(=O)Nc2ccc3ccccc3c2)[C@@H]1C(=O)OCC. The van der Waals surface area contributed by atoms with E-state index in [-0.39, 0.29) is 36.9 Å². The molecule has 5 atom stereocenters. The highest BCUT2D eigenvalue weighted by atomic mass is 16.5. The Morgan fingerprint density at radius 1 is 1.00 bits per heavy atom. The molecule has 1 saturated heterocycles. The summed E-state index contributed by atoms with van der Waals surface area (Å²) in [5, 5.41) is 14.3. The third-order valence-electron chi connectivity index (χ3n) is 7.89. The van der Waals surface area contributed by atoms with Crippen molar-refractivity contribution in [2.24, 2.45) is 23.7 Å². The summed E-state index contributed by atoms with van der Waals surface area (Å²) < 4.78 is 5.44. The van der Waals surface area contributed by atoms with Crippen LogP contribution in [-0.4, -0.2) is 53.6 Å². The first-order valence-corrected chi connectivity index (χ1v) is 14.1. The van der Waals surface area contributed by atoms with Crippen molar-refractivity contribution in [1.29, 1.82) is 0 Å². The van der Waals surface area contributed by atoms with E-state index in [1.165, 1.54) is 0 Å². The average Bonchev–Trinajstić information content (AvgIpc) is 3.20. The molecule has 0 spiro atoms. The lowest BCUT2D eigenvalue weighted by Gasteiger charge is -2.33. The summed E-state index contributed by atoms with van der Waals surface area (Å²) in [4.78, 5) is 42.6. The third kappa shape index (κ3) is 5.93. The van der Waals surface area contributed by atoms with Crippen molar-refractivity contribution in [3.8, 4) is 0 Å². The van der Waals surface area contributed by atoms with Gasteiger partial charge in [-0.25, -0.2) is 0 Å². The maximum Gasteiger partial charge on any atom is 0.310 e. The number of hydrogen-bond donors (Lipinski definition) is 2. The number of nitrogens with zero attached hydrogens (tertiary/aromatic N) is 1. The molecule has 1 heterocycles. The Kier molecular flexibility index (Phi) is 9.56. The molecule has 0 radical (unpaired) electrons. The highest BCUT2D eigenvalue weighted by molar-refractivity contribution is 6.02. The van der Waals surface area contributed by atoms with Gasteiger partial charge in [0.25, 0.3) is 0 Å². The van der Waals surface area contributed by atoms with Crippen LogP contribution >= 0.6 is 0 Å². The monoisotopic (exact) mass is 520 g/mol. The van der Waals surface area contributed by atoms with Crippen LogP contribution in [0.3, 0.4) is 0 Å². The zero-order chi connectivity index (χ0) is 27.1. The van der Waals surface area contributed by atoms with Gasteiger partial charge in [0, 0.05) is 24.8 Å². The number of aliphatic hydroxyl groups excluding tert-OH is 1. The van der Waals surface area contributed by atoms with Crippen molar-refractivity contribution in [2.45, 2.75) is 58.4 Å². The second-order valence-electron chi connectivity index (χ2n) is 10.4. The fourth-order valence-electron chi connectivity index (χ4n) is 6.14. The highest BCUT2D eigenvalue weighted by Crippen LogP contribution is 2.46. The van der Waals surface area contributed by atoms with E-state index in [1.807, 2.05) is 54.6 Å². The number of esters is 1. The number of unbranched alkanes of at least 4 members (excludes halogenated alkanes) is 3. The lowest BCUT2D eigenvalue weighted by Crippen LogP contribution is -2.44. The van der Waals surface area contributed by atoms with Crippen LogP contribution in [0, 0.1) is 23.7 Å². The van der Waals surface area contributed by atoms with Crippen LogP contribution in [0.1, 0.15) is 52.4 Å². The maximum atomic E-state index is 13.9. The molecule has 1 aliphatic heterocycles. The molecule has 4 rings (SSSR count). The second-order valence-corrected chi connectivity index (χ2v) is 10.4. The summed E-state index contributed by atoms with van der Waals surface area (Å²) in [7, 11) is 0. The van der Waals surface area contributed by atoms with Crippen LogP contribution in [0.25, 0.3) is 10.8 Å². The molecular weight excluding hydrogens is 480 g/mol. The first-order chi connectivity index (χ1) is 18.5. The summed E-state index contributed by atoms with van der Waals surface area (Å²) in [6, 6.07) is 13.0. The number of hydrogen-bond acceptors (Lipinski definition) is 5. The van der Waals surface area contributed by atoms with Gasteiger partial charge in [-0.2, -0.15) is 0 Å². The average molecular weight is 521 g/mol. The van der Waals surface area contributed by atoms with Crippen LogP contribution in [0.2, 0.25) is 0 Å². The van der Waals surface area contributed by atoms with Gasteiger partial charge in [0.15, 0.2) is 0 Å². The van der Waals surface area contributed by atoms with Crippen molar-refractivity contribution < 1.29 is 24.2 Å². The van der Waals surface area contributed by atoms with Gasteiger partial charge < -0.3 is 20.1 Å². The standard InChI is InChI=1S/C31H40N2O5/c1-3-11-22-15-17-25-27(26(22)31(37)38-4-2)30(36)33(18-9-5-6-10-19-34)28(25)29(35)32-24-16-14-21-12-7-8-13-23(21)20-24/h7-8,12-17,20,22,25-28,34H,3-6,9-11,18-19H2,1-2H3,(H,32,35)/t22-,25+,26-,27-,28+/m1/s1. The molecule has 0 saturated carbocycles. The summed E-state index contributed by atoms with van der Waals surface area (Å²) >= 11 is 0. The third-order valence-corrected chi connectivity index (χ3v) is 7.89.